The van der Waals surface area contributed by atoms with Crippen molar-refractivity contribution in [3.8, 4) is 17.7 Å². The van der Waals surface area contributed by atoms with Gasteiger partial charge in [-0.2, -0.15) is 4.37 Å². The minimum absolute atomic E-state index is 0.184. The number of aromatic nitrogens is 2. The van der Waals surface area contributed by atoms with Gasteiger partial charge in [0, 0.05) is 19.5 Å². The van der Waals surface area contributed by atoms with Crippen LogP contribution in [0.15, 0.2) is 0 Å². The summed E-state index contributed by atoms with van der Waals surface area (Å²) in [6.07, 6.45) is 2.61. The standard InChI is InChI=1S/C14H19N3O2S/c1-2-3-4-7-19-14-13(15-20-16-14)11-6-5-10-8-17(11)9-12(10)18/h10-12,18H,4-9H2,1H3. The molecule has 108 valence electrons. The largest absolute Gasteiger partial charge is 0.475 e. The average molecular weight is 293 g/mol. The average Bonchev–Trinajstić information content (AvgIpc) is 3.02. The lowest BCUT2D eigenvalue weighted by Gasteiger charge is -2.30. The maximum Gasteiger partial charge on any atom is 0.250 e. The second-order valence-electron chi connectivity index (χ2n) is 5.35. The van der Waals surface area contributed by atoms with Crippen LogP contribution in [-0.2, 0) is 0 Å². The van der Waals surface area contributed by atoms with Crippen molar-refractivity contribution in [3.63, 3.8) is 0 Å². The first-order valence-corrected chi connectivity index (χ1v) is 7.79. The Labute approximate surface area is 123 Å². The summed E-state index contributed by atoms with van der Waals surface area (Å²) in [7, 11) is 0. The topological polar surface area (TPSA) is 58.5 Å². The van der Waals surface area contributed by atoms with Crippen LogP contribution in [0.25, 0.3) is 0 Å². The fraction of sp³-hybridized carbons (Fsp3) is 0.714. The van der Waals surface area contributed by atoms with E-state index in [1.807, 2.05) is 6.92 Å². The van der Waals surface area contributed by atoms with Crippen molar-refractivity contribution >= 4 is 11.7 Å². The highest BCUT2D eigenvalue weighted by Gasteiger charge is 2.41. The predicted octanol–water partition coefficient (Wildman–Crippen LogP) is 1.46. The fourth-order valence-corrected chi connectivity index (χ4v) is 3.65. The first-order chi connectivity index (χ1) is 9.79. The predicted molar refractivity (Wildman–Crippen MR) is 76.5 cm³/mol. The highest BCUT2D eigenvalue weighted by Crippen LogP contribution is 2.41. The van der Waals surface area contributed by atoms with Crippen LogP contribution in [-0.4, -0.2) is 44.6 Å². The van der Waals surface area contributed by atoms with Gasteiger partial charge in [0.2, 0.25) is 0 Å². The quantitative estimate of drug-likeness (QED) is 0.673. The summed E-state index contributed by atoms with van der Waals surface area (Å²) in [6.45, 7) is 4.09. The van der Waals surface area contributed by atoms with E-state index >= 15 is 0 Å². The zero-order valence-corrected chi connectivity index (χ0v) is 12.4. The van der Waals surface area contributed by atoms with E-state index in [9.17, 15) is 5.11 Å². The molecule has 0 aliphatic carbocycles. The molecule has 2 aliphatic rings. The van der Waals surface area contributed by atoms with E-state index in [1.54, 1.807) is 0 Å². The van der Waals surface area contributed by atoms with Crippen molar-refractivity contribution < 1.29 is 9.84 Å². The summed E-state index contributed by atoms with van der Waals surface area (Å²) in [5, 5.41) is 9.96. The summed E-state index contributed by atoms with van der Waals surface area (Å²) < 4.78 is 14.4. The van der Waals surface area contributed by atoms with Crippen molar-refractivity contribution in [1.82, 2.24) is 13.6 Å². The molecule has 0 saturated carbocycles. The lowest BCUT2D eigenvalue weighted by atomic mass is 9.93. The maximum atomic E-state index is 9.96. The van der Waals surface area contributed by atoms with Crippen LogP contribution in [0.2, 0.25) is 0 Å². The van der Waals surface area contributed by atoms with Gasteiger partial charge in [-0.15, -0.1) is 16.2 Å². The minimum Gasteiger partial charge on any atom is -0.475 e. The Morgan fingerprint density at radius 3 is 3.15 bits per heavy atom. The second-order valence-corrected chi connectivity index (χ2v) is 5.88. The first kappa shape index (κ1) is 13.8. The molecule has 1 aromatic heterocycles. The van der Waals surface area contributed by atoms with Crippen molar-refractivity contribution in [3.05, 3.63) is 5.69 Å². The van der Waals surface area contributed by atoms with Gasteiger partial charge >= 0.3 is 0 Å². The molecule has 5 nitrogen and oxygen atoms in total. The molecular weight excluding hydrogens is 274 g/mol. The molecule has 0 aromatic carbocycles. The second kappa shape index (κ2) is 6.08. The Bertz CT molecular complexity index is 520. The van der Waals surface area contributed by atoms with Gasteiger partial charge in [-0.25, -0.2) is 0 Å². The molecular formula is C14H19N3O2S. The lowest BCUT2D eigenvalue weighted by Crippen LogP contribution is -2.31. The monoisotopic (exact) mass is 293 g/mol. The summed E-state index contributed by atoms with van der Waals surface area (Å²) in [5.74, 6) is 6.91. The Balaban J connectivity index is 1.67. The molecule has 3 heterocycles. The van der Waals surface area contributed by atoms with E-state index < -0.39 is 0 Å². The van der Waals surface area contributed by atoms with Crippen LogP contribution in [0, 0.1) is 17.8 Å². The van der Waals surface area contributed by atoms with Crippen molar-refractivity contribution in [1.29, 1.82) is 0 Å². The zero-order chi connectivity index (χ0) is 13.9. The van der Waals surface area contributed by atoms with Crippen LogP contribution >= 0.6 is 11.7 Å². The number of piperidine rings is 1. The molecule has 4 atom stereocenters. The number of hydrogen-bond acceptors (Lipinski definition) is 6. The number of fused-ring (bicyclic) bond motifs is 2. The SMILES string of the molecule is CC#CCCOc1nsnc1C1CCC2CN1CC2O. The van der Waals surface area contributed by atoms with E-state index in [0.717, 1.165) is 31.6 Å². The molecule has 2 bridgehead atoms. The molecule has 6 heteroatoms. The zero-order valence-electron chi connectivity index (χ0n) is 11.6. The molecule has 0 amide bonds. The third kappa shape index (κ3) is 2.66. The molecule has 0 radical (unpaired) electrons. The minimum atomic E-state index is -0.184. The van der Waals surface area contributed by atoms with Gasteiger partial charge in [0.25, 0.3) is 5.88 Å². The molecule has 0 spiro atoms. The van der Waals surface area contributed by atoms with Gasteiger partial charge in [-0.3, -0.25) is 4.90 Å². The highest BCUT2D eigenvalue weighted by atomic mass is 32.1. The number of aliphatic hydroxyl groups excluding tert-OH is 1. The van der Waals surface area contributed by atoms with E-state index in [-0.39, 0.29) is 12.1 Å². The molecule has 1 aromatic rings. The summed E-state index contributed by atoms with van der Waals surface area (Å²) >= 11 is 1.20. The number of aliphatic hydroxyl groups is 1. The lowest BCUT2D eigenvalue weighted by molar-refractivity contribution is 0.144. The number of hydrogen-bond donors (Lipinski definition) is 1. The molecule has 3 rings (SSSR count). The molecule has 2 aliphatic heterocycles. The Kier molecular flexibility index (Phi) is 4.20. The fourth-order valence-electron chi connectivity index (χ4n) is 3.10. The Morgan fingerprint density at radius 2 is 2.30 bits per heavy atom. The molecule has 1 N–H and O–H groups in total. The number of rotatable bonds is 4. The molecule has 4 unspecified atom stereocenters. The number of ether oxygens (including phenoxy) is 1. The smallest absolute Gasteiger partial charge is 0.250 e. The van der Waals surface area contributed by atoms with Crippen molar-refractivity contribution in [2.24, 2.45) is 5.92 Å². The third-order valence-electron chi connectivity index (χ3n) is 4.13. The summed E-state index contributed by atoms with van der Waals surface area (Å²) in [6, 6.07) is 0.245. The van der Waals surface area contributed by atoms with Gasteiger partial charge in [-0.1, -0.05) is 0 Å². The van der Waals surface area contributed by atoms with Crippen LogP contribution in [0.3, 0.4) is 0 Å². The normalized spacial score (nSPS) is 31.7. The van der Waals surface area contributed by atoms with Crippen LogP contribution in [0.1, 0.15) is 37.9 Å². The van der Waals surface area contributed by atoms with E-state index in [4.69, 9.17) is 4.74 Å². The van der Waals surface area contributed by atoms with Crippen LogP contribution < -0.4 is 4.74 Å². The maximum absolute atomic E-state index is 9.96. The van der Waals surface area contributed by atoms with E-state index in [2.05, 4.69) is 25.5 Å². The van der Waals surface area contributed by atoms with Gasteiger partial charge in [0.15, 0.2) is 0 Å². The molecule has 20 heavy (non-hydrogen) atoms. The van der Waals surface area contributed by atoms with Crippen molar-refractivity contribution in [2.75, 3.05) is 19.7 Å². The van der Waals surface area contributed by atoms with Crippen molar-refractivity contribution in [2.45, 2.75) is 38.3 Å². The van der Waals surface area contributed by atoms with Gasteiger partial charge < -0.3 is 9.84 Å². The number of nitrogens with zero attached hydrogens (tertiary/aromatic N) is 3. The van der Waals surface area contributed by atoms with Crippen LogP contribution in [0.5, 0.6) is 5.88 Å². The first-order valence-electron chi connectivity index (χ1n) is 7.06. The molecule has 2 fully saturated rings. The highest BCUT2D eigenvalue weighted by molar-refractivity contribution is 6.99. The Hall–Kier alpha value is -1.16. The van der Waals surface area contributed by atoms with Gasteiger partial charge in [0.05, 0.1) is 23.9 Å². The summed E-state index contributed by atoms with van der Waals surface area (Å²) in [4.78, 5) is 2.31. The summed E-state index contributed by atoms with van der Waals surface area (Å²) in [5.41, 5.74) is 0.937. The van der Waals surface area contributed by atoms with Gasteiger partial charge in [0.1, 0.15) is 12.3 Å². The van der Waals surface area contributed by atoms with Crippen LogP contribution in [0.4, 0.5) is 0 Å². The van der Waals surface area contributed by atoms with E-state index in [1.165, 1.54) is 11.7 Å². The van der Waals surface area contributed by atoms with E-state index in [0.29, 0.717) is 24.8 Å². The Morgan fingerprint density at radius 1 is 1.40 bits per heavy atom. The third-order valence-corrected chi connectivity index (χ3v) is 4.65. The van der Waals surface area contributed by atoms with Gasteiger partial charge in [-0.05, 0) is 25.7 Å². The molecule has 2 saturated heterocycles.